The molecule has 0 aromatic heterocycles. The first-order chi connectivity index (χ1) is 7.35. The fourth-order valence-corrected chi connectivity index (χ4v) is 2.28. The highest BCUT2D eigenvalue weighted by Gasteiger charge is 2.29. The molecule has 0 amide bonds. The molecule has 0 aliphatic carbocycles. The van der Waals surface area contributed by atoms with E-state index >= 15 is 0 Å². The molecule has 0 spiro atoms. The number of ether oxygens (including phenoxy) is 1. The molecule has 0 aliphatic rings. The summed E-state index contributed by atoms with van der Waals surface area (Å²) in [6.07, 6.45) is 0. The number of methoxy groups -OCH3 is 1. The Bertz CT molecular complexity index is 405. The van der Waals surface area contributed by atoms with Crippen molar-refractivity contribution in [1.82, 2.24) is 0 Å². The fraction of sp³-hybridized carbons (Fsp3) is 0.455. The molecule has 0 heterocycles. The average molecular weight is 293 g/mol. The van der Waals surface area contributed by atoms with Gasteiger partial charge in [-0.15, -0.1) is 0 Å². The van der Waals surface area contributed by atoms with Crippen molar-refractivity contribution < 1.29 is 19.3 Å². The summed E-state index contributed by atoms with van der Waals surface area (Å²) in [6, 6.07) is 1.09. The van der Waals surface area contributed by atoms with E-state index in [1.54, 1.807) is 13.8 Å². The van der Waals surface area contributed by atoms with E-state index in [0.717, 1.165) is 6.07 Å². The maximum Gasteiger partial charge on any atom is 0.163 e. The minimum Gasteiger partial charge on any atom is -0.504 e. The lowest BCUT2D eigenvalue weighted by Crippen LogP contribution is -2.23. The number of aliphatic hydroxyl groups excluding tert-OH is 1. The summed E-state index contributed by atoms with van der Waals surface area (Å²) >= 11 is 3.07. The molecular weight excluding hydrogens is 279 g/mol. The molecule has 0 fully saturated rings. The Balaban J connectivity index is 3.54. The van der Waals surface area contributed by atoms with Crippen LogP contribution in [0.5, 0.6) is 11.5 Å². The molecule has 5 heteroatoms. The van der Waals surface area contributed by atoms with Gasteiger partial charge in [0.25, 0.3) is 0 Å². The van der Waals surface area contributed by atoms with Crippen molar-refractivity contribution >= 4 is 15.9 Å². The van der Waals surface area contributed by atoms with Crippen molar-refractivity contribution in [3.63, 3.8) is 0 Å². The van der Waals surface area contributed by atoms with Gasteiger partial charge >= 0.3 is 0 Å². The van der Waals surface area contributed by atoms with Gasteiger partial charge in [-0.1, -0.05) is 13.8 Å². The molecule has 90 valence electrons. The average Bonchev–Trinajstić information content (AvgIpc) is 2.23. The second kappa shape index (κ2) is 4.59. The van der Waals surface area contributed by atoms with Crippen LogP contribution in [0.4, 0.5) is 4.39 Å². The molecule has 0 aliphatic heterocycles. The highest BCUT2D eigenvalue weighted by molar-refractivity contribution is 9.10. The number of halogens is 2. The van der Waals surface area contributed by atoms with Crippen LogP contribution >= 0.6 is 15.9 Å². The van der Waals surface area contributed by atoms with Crippen LogP contribution in [-0.4, -0.2) is 23.9 Å². The van der Waals surface area contributed by atoms with Gasteiger partial charge < -0.3 is 14.9 Å². The number of aromatic hydroxyl groups is 1. The second-order valence-electron chi connectivity index (χ2n) is 4.14. The molecular formula is C11H14BrFO3. The number of hydrogen-bond donors (Lipinski definition) is 2. The van der Waals surface area contributed by atoms with Gasteiger partial charge in [0, 0.05) is 17.0 Å². The van der Waals surface area contributed by atoms with Crippen LogP contribution in [0.2, 0.25) is 0 Å². The van der Waals surface area contributed by atoms with Crippen molar-refractivity contribution in [3.8, 4) is 11.5 Å². The maximum atomic E-state index is 13.6. The van der Waals surface area contributed by atoms with Crippen molar-refractivity contribution in [2.75, 3.05) is 13.7 Å². The minimum absolute atomic E-state index is 0.0530. The summed E-state index contributed by atoms with van der Waals surface area (Å²) in [5, 5.41) is 19.2. The Kier molecular flexibility index (Phi) is 3.80. The topological polar surface area (TPSA) is 49.7 Å². The quantitative estimate of drug-likeness (QED) is 0.900. The molecule has 1 aromatic rings. The molecule has 0 saturated heterocycles. The van der Waals surface area contributed by atoms with E-state index in [1.165, 1.54) is 7.11 Å². The Morgan fingerprint density at radius 1 is 1.50 bits per heavy atom. The Morgan fingerprint density at radius 2 is 2.06 bits per heavy atom. The van der Waals surface area contributed by atoms with Gasteiger partial charge in [-0.05, 0) is 15.9 Å². The Hall–Kier alpha value is -0.810. The molecule has 1 aromatic carbocycles. The highest BCUT2D eigenvalue weighted by atomic mass is 79.9. The van der Waals surface area contributed by atoms with Crippen molar-refractivity contribution in [2.45, 2.75) is 19.3 Å². The second-order valence-corrected chi connectivity index (χ2v) is 4.93. The number of phenols is 1. The van der Waals surface area contributed by atoms with Crippen LogP contribution in [0.1, 0.15) is 19.4 Å². The van der Waals surface area contributed by atoms with Gasteiger partial charge in [0.15, 0.2) is 11.5 Å². The molecule has 16 heavy (non-hydrogen) atoms. The Morgan fingerprint density at radius 3 is 2.50 bits per heavy atom. The zero-order valence-electron chi connectivity index (χ0n) is 9.34. The lowest BCUT2D eigenvalue weighted by Gasteiger charge is -2.25. The summed E-state index contributed by atoms with van der Waals surface area (Å²) in [4.78, 5) is 0. The lowest BCUT2D eigenvalue weighted by atomic mass is 9.84. The number of benzene rings is 1. The first kappa shape index (κ1) is 13.3. The zero-order valence-corrected chi connectivity index (χ0v) is 10.9. The van der Waals surface area contributed by atoms with Crippen LogP contribution in [0, 0.1) is 5.82 Å². The van der Waals surface area contributed by atoms with Crippen LogP contribution in [0.25, 0.3) is 0 Å². The third-order valence-corrected chi connectivity index (χ3v) is 3.22. The predicted octanol–water partition coefficient (Wildman–Crippen LogP) is 2.57. The summed E-state index contributed by atoms with van der Waals surface area (Å²) in [5.41, 5.74) is -0.468. The van der Waals surface area contributed by atoms with Crippen molar-refractivity contribution in [2.24, 2.45) is 0 Å². The zero-order chi connectivity index (χ0) is 12.5. The SMILES string of the molecule is COc1cc(F)c(Br)c(C(C)(C)CO)c1O. The summed E-state index contributed by atoms with van der Waals surface area (Å²) < 4.78 is 18.6. The van der Waals surface area contributed by atoms with Crippen molar-refractivity contribution in [3.05, 3.63) is 21.9 Å². The van der Waals surface area contributed by atoms with E-state index in [0.29, 0.717) is 5.56 Å². The van der Waals surface area contributed by atoms with Crippen LogP contribution in [0.15, 0.2) is 10.5 Å². The first-order valence-corrected chi connectivity index (χ1v) is 5.50. The van der Waals surface area contributed by atoms with Crippen LogP contribution < -0.4 is 4.74 Å². The third kappa shape index (κ3) is 2.15. The van der Waals surface area contributed by atoms with Crippen LogP contribution in [0.3, 0.4) is 0 Å². The van der Waals surface area contributed by atoms with Crippen LogP contribution in [-0.2, 0) is 5.41 Å². The normalized spacial score (nSPS) is 11.6. The number of phenolic OH excluding ortho intramolecular Hbond substituents is 1. The largest absolute Gasteiger partial charge is 0.504 e. The van der Waals surface area contributed by atoms with E-state index in [-0.39, 0.29) is 22.6 Å². The molecule has 0 bridgehead atoms. The number of hydrogen-bond acceptors (Lipinski definition) is 3. The molecule has 0 radical (unpaired) electrons. The van der Waals surface area contributed by atoms with Gasteiger partial charge in [0.2, 0.25) is 0 Å². The van der Waals surface area contributed by atoms with E-state index < -0.39 is 11.2 Å². The highest BCUT2D eigenvalue weighted by Crippen LogP contribution is 2.43. The van der Waals surface area contributed by atoms with Gasteiger partial charge in [-0.3, -0.25) is 0 Å². The van der Waals surface area contributed by atoms with E-state index in [2.05, 4.69) is 15.9 Å². The molecule has 3 nitrogen and oxygen atoms in total. The maximum absolute atomic E-state index is 13.6. The van der Waals surface area contributed by atoms with E-state index in [1.807, 2.05) is 0 Å². The monoisotopic (exact) mass is 292 g/mol. The third-order valence-electron chi connectivity index (χ3n) is 2.45. The fourth-order valence-electron chi connectivity index (χ4n) is 1.45. The minimum atomic E-state index is -0.766. The first-order valence-electron chi connectivity index (χ1n) is 4.71. The predicted molar refractivity (Wildman–Crippen MR) is 62.4 cm³/mol. The summed E-state index contributed by atoms with van der Waals surface area (Å²) in [5.74, 6) is -0.641. The standard InChI is InChI=1S/C11H14BrFO3/c1-11(2,5-14)8-9(12)6(13)4-7(16-3)10(8)15/h4,14-15H,5H2,1-3H3. The molecule has 1 rings (SSSR count). The van der Waals surface area contributed by atoms with Gasteiger partial charge in [0.1, 0.15) is 5.82 Å². The van der Waals surface area contributed by atoms with Crippen molar-refractivity contribution in [1.29, 1.82) is 0 Å². The van der Waals surface area contributed by atoms with Gasteiger partial charge in [-0.2, -0.15) is 0 Å². The van der Waals surface area contributed by atoms with Gasteiger partial charge in [0.05, 0.1) is 18.2 Å². The number of rotatable bonds is 3. The van der Waals surface area contributed by atoms with E-state index in [9.17, 15) is 14.6 Å². The molecule has 0 saturated carbocycles. The lowest BCUT2D eigenvalue weighted by molar-refractivity contribution is 0.213. The summed E-state index contributed by atoms with van der Waals surface area (Å²) in [6.45, 7) is 3.18. The molecule has 2 N–H and O–H groups in total. The summed E-state index contributed by atoms with van der Waals surface area (Å²) in [7, 11) is 1.35. The molecule has 0 unspecified atom stereocenters. The van der Waals surface area contributed by atoms with E-state index in [4.69, 9.17) is 4.74 Å². The Labute approximate surface area is 102 Å². The smallest absolute Gasteiger partial charge is 0.163 e. The van der Waals surface area contributed by atoms with Gasteiger partial charge in [-0.25, -0.2) is 4.39 Å². The molecule has 0 atom stereocenters. The number of aliphatic hydroxyl groups is 1.